The molecule has 0 aromatic heterocycles. The number of ether oxygens (including phenoxy) is 4. The van der Waals surface area contributed by atoms with Crippen LogP contribution in [0.25, 0.3) is 0 Å². The van der Waals surface area contributed by atoms with Crippen molar-refractivity contribution in [2.45, 2.75) is 159 Å². The minimum atomic E-state index is -1.56. The standard InChI is InChI=1S/C45H78N6O18/c46-36(52)31-68-29-27-67-26-24-48-41(57)32-69-30-28-66-25-23-47-37(53)20-17-33(43(60)61)50-39(55)22-19-35(45(64)65)51-40(56)21-18-34(44(62)63)49-38(54)15-13-11-9-7-5-3-1-2-4-6-8-10-12-14-16-42(58)59/h33-35H,1-32H2,(H2,46,52)(H,47,53)(H,48,57)(H,49,54)(H,50,55)(H,51,56)(H,58,59)(H,60,61)(H,62,63)(H,64,65). The maximum atomic E-state index is 12.6. The number of unbranched alkanes of at least 4 members (excludes halogenated alkanes) is 13. The maximum Gasteiger partial charge on any atom is 0.326 e. The van der Waals surface area contributed by atoms with Crippen LogP contribution in [0.3, 0.4) is 0 Å². The molecule has 0 aromatic rings. The third kappa shape index (κ3) is 41.3. The molecule has 69 heavy (non-hydrogen) atoms. The molecule has 0 bridgehead atoms. The predicted octanol–water partition coefficient (Wildman–Crippen LogP) is 1.15. The Morgan fingerprint density at radius 3 is 1.06 bits per heavy atom. The van der Waals surface area contributed by atoms with E-state index in [1.165, 1.54) is 25.7 Å². The number of rotatable bonds is 48. The molecule has 0 saturated carbocycles. The smallest absolute Gasteiger partial charge is 0.326 e. The molecule has 3 unspecified atom stereocenters. The lowest BCUT2D eigenvalue weighted by Crippen LogP contribution is -2.45. The van der Waals surface area contributed by atoms with Crippen LogP contribution in [0.15, 0.2) is 0 Å². The van der Waals surface area contributed by atoms with Crippen LogP contribution < -0.4 is 32.3 Å². The predicted molar refractivity (Wildman–Crippen MR) is 246 cm³/mol. The first kappa shape index (κ1) is 63.5. The highest BCUT2D eigenvalue weighted by atomic mass is 16.5. The molecule has 0 aromatic carbocycles. The summed E-state index contributed by atoms with van der Waals surface area (Å²) in [7, 11) is 0. The highest BCUT2D eigenvalue weighted by Gasteiger charge is 2.26. The first-order chi connectivity index (χ1) is 33.0. The molecule has 0 saturated heterocycles. The van der Waals surface area contributed by atoms with Crippen LogP contribution in [-0.4, -0.2) is 164 Å². The van der Waals surface area contributed by atoms with Crippen molar-refractivity contribution in [2.75, 3.05) is 65.9 Å². The van der Waals surface area contributed by atoms with E-state index in [2.05, 4.69) is 26.6 Å². The SMILES string of the molecule is NC(=O)COCCOCCNC(=O)COCCOCCNC(=O)CCC(NC(=O)CCC(NC(=O)CCC(NC(=O)CCCCCCCCCCCCCCCCC(=O)O)C(=O)O)C(=O)O)C(=O)O. The van der Waals surface area contributed by atoms with E-state index in [0.717, 1.165) is 57.8 Å². The highest BCUT2D eigenvalue weighted by Crippen LogP contribution is 2.14. The molecular formula is C45H78N6O18. The molecule has 0 spiro atoms. The lowest BCUT2D eigenvalue weighted by molar-refractivity contribution is -0.144. The number of primary amides is 1. The number of hydrogen-bond acceptors (Lipinski definition) is 14. The summed E-state index contributed by atoms with van der Waals surface area (Å²) in [5.41, 5.74) is 4.94. The summed E-state index contributed by atoms with van der Waals surface area (Å²) in [6.45, 7) is 0.847. The van der Waals surface area contributed by atoms with E-state index in [1.54, 1.807) is 0 Å². The second-order valence-corrected chi connectivity index (χ2v) is 16.3. The Balaban J connectivity index is 4.24. The van der Waals surface area contributed by atoms with Gasteiger partial charge in [0.05, 0.1) is 39.6 Å². The second-order valence-electron chi connectivity index (χ2n) is 16.3. The van der Waals surface area contributed by atoms with Crippen molar-refractivity contribution in [1.82, 2.24) is 26.6 Å². The molecule has 0 aliphatic heterocycles. The summed E-state index contributed by atoms with van der Waals surface area (Å²) >= 11 is 0. The van der Waals surface area contributed by atoms with Crippen LogP contribution in [0.1, 0.15) is 141 Å². The molecule has 0 fully saturated rings. The monoisotopic (exact) mass is 991 g/mol. The van der Waals surface area contributed by atoms with Crippen molar-refractivity contribution < 1.29 is 87.3 Å². The summed E-state index contributed by atoms with van der Waals surface area (Å²) in [4.78, 5) is 118. The van der Waals surface area contributed by atoms with Crippen molar-refractivity contribution in [3.8, 4) is 0 Å². The average Bonchev–Trinajstić information content (AvgIpc) is 3.28. The second kappa shape index (κ2) is 42.6. The minimum Gasteiger partial charge on any atom is -0.481 e. The van der Waals surface area contributed by atoms with E-state index in [-0.39, 0.29) is 104 Å². The van der Waals surface area contributed by atoms with Gasteiger partial charge in [0.25, 0.3) is 0 Å². The van der Waals surface area contributed by atoms with Crippen LogP contribution in [-0.2, 0) is 66.9 Å². The largest absolute Gasteiger partial charge is 0.481 e. The molecule has 3 atom stereocenters. The summed E-state index contributed by atoms with van der Waals surface area (Å²) in [6.07, 6.45) is 12.3. The Morgan fingerprint density at radius 2 is 0.681 bits per heavy atom. The summed E-state index contributed by atoms with van der Waals surface area (Å²) < 4.78 is 20.7. The van der Waals surface area contributed by atoms with Crippen LogP contribution in [0, 0.1) is 0 Å². The van der Waals surface area contributed by atoms with Gasteiger partial charge < -0.3 is 71.7 Å². The zero-order valence-electron chi connectivity index (χ0n) is 39.9. The molecule has 24 heteroatoms. The fourth-order valence-corrected chi connectivity index (χ4v) is 6.52. The fraction of sp³-hybridized carbons (Fsp3) is 0.778. The first-order valence-electron chi connectivity index (χ1n) is 23.9. The van der Waals surface area contributed by atoms with Gasteiger partial charge in [-0.15, -0.1) is 0 Å². The van der Waals surface area contributed by atoms with Crippen molar-refractivity contribution in [2.24, 2.45) is 5.73 Å². The molecule has 396 valence electrons. The Kier molecular flexibility index (Phi) is 39.3. The van der Waals surface area contributed by atoms with Gasteiger partial charge in [0.1, 0.15) is 31.3 Å². The van der Waals surface area contributed by atoms with Crippen LogP contribution in [0.5, 0.6) is 0 Å². The highest BCUT2D eigenvalue weighted by molar-refractivity contribution is 5.87. The zero-order chi connectivity index (χ0) is 51.5. The van der Waals surface area contributed by atoms with Crippen LogP contribution >= 0.6 is 0 Å². The van der Waals surface area contributed by atoms with E-state index in [9.17, 15) is 63.3 Å². The van der Waals surface area contributed by atoms with Gasteiger partial charge in [-0.2, -0.15) is 0 Å². The number of carbonyl (C=O) groups is 10. The zero-order valence-corrected chi connectivity index (χ0v) is 39.9. The summed E-state index contributed by atoms with van der Waals surface area (Å²) in [5.74, 6) is -8.65. The van der Waals surface area contributed by atoms with Gasteiger partial charge in [-0.3, -0.25) is 33.6 Å². The van der Waals surface area contributed by atoms with Gasteiger partial charge in [0.15, 0.2) is 0 Å². The molecule has 0 aliphatic carbocycles. The van der Waals surface area contributed by atoms with Gasteiger partial charge in [-0.25, -0.2) is 14.4 Å². The molecule has 0 radical (unpaired) electrons. The quantitative estimate of drug-likeness (QED) is 0.0382. The van der Waals surface area contributed by atoms with Crippen molar-refractivity contribution >= 4 is 59.3 Å². The van der Waals surface area contributed by atoms with Gasteiger partial charge in [0.2, 0.25) is 35.4 Å². The van der Waals surface area contributed by atoms with Gasteiger partial charge in [0, 0.05) is 45.2 Å². The minimum absolute atomic E-state index is 0.0803. The Morgan fingerprint density at radius 1 is 0.362 bits per heavy atom. The van der Waals surface area contributed by atoms with E-state index in [4.69, 9.17) is 29.8 Å². The van der Waals surface area contributed by atoms with E-state index in [1.807, 2.05) is 0 Å². The topological polar surface area (TPSA) is 375 Å². The molecule has 24 nitrogen and oxygen atoms in total. The molecule has 0 rings (SSSR count). The molecular weight excluding hydrogens is 913 g/mol. The Hall–Kier alpha value is -5.46. The number of amides is 6. The third-order valence-electron chi connectivity index (χ3n) is 10.3. The molecule has 0 aliphatic rings. The number of aliphatic carboxylic acids is 4. The summed E-state index contributed by atoms with van der Waals surface area (Å²) in [5, 5.41) is 49.4. The lowest BCUT2D eigenvalue weighted by atomic mass is 10.0. The number of nitrogens with one attached hydrogen (secondary N) is 5. The Bertz CT molecular complexity index is 1540. The lowest BCUT2D eigenvalue weighted by Gasteiger charge is -2.18. The van der Waals surface area contributed by atoms with E-state index in [0.29, 0.717) is 6.42 Å². The number of hydrogen-bond donors (Lipinski definition) is 10. The molecule has 0 heterocycles. The number of nitrogens with two attached hydrogens (primary N) is 1. The summed E-state index contributed by atoms with van der Waals surface area (Å²) in [6, 6.07) is -4.42. The third-order valence-corrected chi connectivity index (χ3v) is 10.3. The maximum absolute atomic E-state index is 12.6. The van der Waals surface area contributed by atoms with Crippen LogP contribution in [0.4, 0.5) is 0 Å². The van der Waals surface area contributed by atoms with Crippen molar-refractivity contribution in [3.63, 3.8) is 0 Å². The normalized spacial score (nSPS) is 12.2. The van der Waals surface area contributed by atoms with E-state index >= 15 is 0 Å². The number of carboxylic acid groups (broad SMARTS) is 4. The van der Waals surface area contributed by atoms with Gasteiger partial charge >= 0.3 is 23.9 Å². The fourth-order valence-electron chi connectivity index (χ4n) is 6.52. The van der Waals surface area contributed by atoms with Gasteiger partial charge in [-0.05, 0) is 32.1 Å². The average molecular weight is 991 g/mol. The van der Waals surface area contributed by atoms with Crippen molar-refractivity contribution in [3.05, 3.63) is 0 Å². The number of carboxylic acids is 4. The van der Waals surface area contributed by atoms with Crippen LogP contribution in [0.2, 0.25) is 0 Å². The molecule has 11 N–H and O–H groups in total. The van der Waals surface area contributed by atoms with Gasteiger partial charge in [-0.1, -0.05) is 77.0 Å². The number of carbonyl (C=O) groups excluding carboxylic acids is 6. The van der Waals surface area contributed by atoms with E-state index < -0.39 is 90.8 Å². The first-order valence-corrected chi connectivity index (χ1v) is 23.9. The molecule has 6 amide bonds. The van der Waals surface area contributed by atoms with Crippen molar-refractivity contribution in [1.29, 1.82) is 0 Å². The Labute approximate surface area is 403 Å².